The summed E-state index contributed by atoms with van der Waals surface area (Å²) in [5.41, 5.74) is 5.60. The molecule has 0 radical (unpaired) electrons. The molecule has 0 amide bonds. The summed E-state index contributed by atoms with van der Waals surface area (Å²) < 4.78 is 40.5. The second-order valence-corrected chi connectivity index (χ2v) is 7.88. The number of sulfonamides is 1. The average Bonchev–Trinajstić information content (AvgIpc) is 2.61. The smallest absolute Gasteiger partial charge is 0.273 e. The first-order valence-electron chi connectivity index (χ1n) is 7.81. The van der Waals surface area contributed by atoms with Crippen LogP contribution in [0.15, 0.2) is 35.4 Å². The van der Waals surface area contributed by atoms with Crippen LogP contribution in [0.4, 0.5) is 16.0 Å². The second-order valence-electron chi connectivity index (χ2n) is 5.94. The van der Waals surface area contributed by atoms with Crippen LogP contribution in [0.2, 0.25) is 0 Å². The quantitative estimate of drug-likeness (QED) is 0.629. The van der Waals surface area contributed by atoms with Crippen LogP contribution < -0.4 is 5.73 Å². The molecule has 9 nitrogen and oxygen atoms in total. The van der Waals surface area contributed by atoms with Crippen molar-refractivity contribution in [1.29, 1.82) is 0 Å². The van der Waals surface area contributed by atoms with Gasteiger partial charge in [-0.3, -0.25) is 10.1 Å². The van der Waals surface area contributed by atoms with E-state index in [9.17, 15) is 22.9 Å². The maximum atomic E-state index is 13.7. The van der Waals surface area contributed by atoms with E-state index in [4.69, 9.17) is 5.73 Å². The third-order valence-electron chi connectivity index (χ3n) is 4.20. The zero-order chi connectivity index (χ0) is 18.9. The number of nitrogens with zero attached hydrogens (tertiary/aromatic N) is 4. The SMILES string of the molecule is Nc1nccc([C@@H]2CCCN(S(=O)(=O)c3cc(F)cc([N+](=O)[O-])c3)C2)n1. The summed E-state index contributed by atoms with van der Waals surface area (Å²) in [6.07, 6.45) is 2.79. The van der Waals surface area contributed by atoms with Gasteiger partial charge < -0.3 is 5.73 Å². The lowest BCUT2D eigenvalue weighted by atomic mass is 9.96. The van der Waals surface area contributed by atoms with Crippen LogP contribution >= 0.6 is 0 Å². The Balaban J connectivity index is 1.91. The van der Waals surface area contributed by atoms with Gasteiger partial charge in [0.05, 0.1) is 21.6 Å². The molecule has 2 N–H and O–H groups in total. The van der Waals surface area contributed by atoms with Gasteiger partial charge in [-0.2, -0.15) is 4.31 Å². The summed E-state index contributed by atoms with van der Waals surface area (Å²) >= 11 is 0. The number of anilines is 1. The summed E-state index contributed by atoms with van der Waals surface area (Å²) in [5, 5.41) is 10.9. The molecule has 3 rings (SSSR count). The molecule has 2 aromatic rings. The van der Waals surface area contributed by atoms with Crippen LogP contribution in [-0.2, 0) is 10.0 Å². The standard InChI is InChI=1S/C15H16FN5O4S/c16-11-6-12(21(22)23)8-13(7-11)26(24,25)20-5-1-2-10(9-20)14-3-4-18-15(17)19-14/h3-4,6-8,10H,1-2,5,9H2,(H2,17,18,19)/t10-/m1/s1. The molecule has 1 aromatic heterocycles. The van der Waals surface area contributed by atoms with Crippen LogP contribution in [0.5, 0.6) is 0 Å². The lowest BCUT2D eigenvalue weighted by Crippen LogP contribution is -2.39. The van der Waals surface area contributed by atoms with Crippen molar-refractivity contribution in [2.45, 2.75) is 23.7 Å². The van der Waals surface area contributed by atoms with Crippen molar-refractivity contribution in [3.05, 3.63) is 52.1 Å². The lowest BCUT2D eigenvalue weighted by molar-refractivity contribution is -0.385. The molecular formula is C15H16FN5O4S. The van der Waals surface area contributed by atoms with Gasteiger partial charge in [0.1, 0.15) is 5.82 Å². The van der Waals surface area contributed by atoms with Crippen LogP contribution in [0.1, 0.15) is 24.5 Å². The number of nitrogens with two attached hydrogens (primary N) is 1. The van der Waals surface area contributed by atoms with Crippen molar-refractivity contribution in [1.82, 2.24) is 14.3 Å². The minimum atomic E-state index is -4.08. The number of nitro groups is 1. The normalized spacial score (nSPS) is 18.6. The molecular weight excluding hydrogens is 365 g/mol. The van der Waals surface area contributed by atoms with Gasteiger partial charge in [-0.15, -0.1) is 0 Å². The number of rotatable bonds is 4. The van der Waals surface area contributed by atoms with Crippen LogP contribution in [0.25, 0.3) is 0 Å². The van der Waals surface area contributed by atoms with E-state index in [-0.39, 0.29) is 25.0 Å². The summed E-state index contributed by atoms with van der Waals surface area (Å²) in [5.74, 6) is -1.06. The molecule has 0 unspecified atom stereocenters. The molecule has 1 saturated heterocycles. The number of halogens is 1. The van der Waals surface area contributed by atoms with E-state index in [1.807, 2.05) is 0 Å². The van der Waals surface area contributed by atoms with Gasteiger partial charge in [0.15, 0.2) is 0 Å². The highest BCUT2D eigenvalue weighted by molar-refractivity contribution is 7.89. The Morgan fingerprint density at radius 2 is 2.12 bits per heavy atom. The maximum Gasteiger partial charge on any atom is 0.273 e. The summed E-state index contributed by atoms with van der Waals surface area (Å²) in [6, 6.07) is 4.01. The van der Waals surface area contributed by atoms with Crippen molar-refractivity contribution in [3.8, 4) is 0 Å². The molecule has 0 bridgehead atoms. The Morgan fingerprint density at radius 1 is 1.35 bits per heavy atom. The van der Waals surface area contributed by atoms with E-state index in [1.165, 1.54) is 10.5 Å². The van der Waals surface area contributed by atoms with Crippen molar-refractivity contribution in [2.24, 2.45) is 0 Å². The van der Waals surface area contributed by atoms with E-state index in [1.54, 1.807) is 6.07 Å². The Hall–Kier alpha value is -2.66. The van der Waals surface area contributed by atoms with E-state index in [2.05, 4.69) is 9.97 Å². The molecule has 11 heteroatoms. The van der Waals surface area contributed by atoms with E-state index >= 15 is 0 Å². The minimum Gasteiger partial charge on any atom is -0.368 e. The second kappa shape index (κ2) is 6.92. The van der Waals surface area contributed by atoms with E-state index in [0.717, 1.165) is 12.1 Å². The fraction of sp³-hybridized carbons (Fsp3) is 0.333. The number of benzene rings is 1. The molecule has 1 fully saturated rings. The van der Waals surface area contributed by atoms with Gasteiger partial charge in [0, 0.05) is 31.3 Å². The maximum absolute atomic E-state index is 13.7. The zero-order valence-corrected chi connectivity index (χ0v) is 14.4. The fourth-order valence-electron chi connectivity index (χ4n) is 2.97. The first kappa shape index (κ1) is 18.1. The number of nitro benzene ring substituents is 1. The van der Waals surface area contributed by atoms with Gasteiger partial charge in [-0.1, -0.05) is 0 Å². The van der Waals surface area contributed by atoms with Crippen LogP contribution in [-0.4, -0.2) is 40.7 Å². The highest BCUT2D eigenvalue weighted by Crippen LogP contribution is 2.30. The Labute approximate surface area is 148 Å². The lowest BCUT2D eigenvalue weighted by Gasteiger charge is -2.31. The highest BCUT2D eigenvalue weighted by Gasteiger charge is 2.32. The molecule has 0 aliphatic carbocycles. The zero-order valence-electron chi connectivity index (χ0n) is 13.6. The van der Waals surface area contributed by atoms with Gasteiger partial charge in [-0.05, 0) is 25.0 Å². The van der Waals surface area contributed by atoms with Gasteiger partial charge >= 0.3 is 0 Å². The fourth-order valence-corrected chi connectivity index (χ4v) is 4.54. The predicted octanol–water partition coefficient (Wildman–Crippen LogP) is 1.67. The average molecular weight is 381 g/mol. The molecule has 138 valence electrons. The molecule has 1 aliphatic heterocycles. The van der Waals surface area contributed by atoms with Crippen molar-refractivity contribution < 1.29 is 17.7 Å². The molecule has 1 atom stereocenters. The molecule has 1 aromatic carbocycles. The number of nitrogen functional groups attached to an aromatic ring is 1. The molecule has 0 spiro atoms. The van der Waals surface area contributed by atoms with Crippen molar-refractivity contribution in [2.75, 3.05) is 18.8 Å². The topological polar surface area (TPSA) is 132 Å². The largest absolute Gasteiger partial charge is 0.368 e. The van der Waals surface area contributed by atoms with Crippen LogP contribution in [0.3, 0.4) is 0 Å². The molecule has 26 heavy (non-hydrogen) atoms. The highest BCUT2D eigenvalue weighted by atomic mass is 32.2. The third-order valence-corrected chi connectivity index (χ3v) is 6.05. The van der Waals surface area contributed by atoms with E-state index in [0.29, 0.717) is 24.6 Å². The van der Waals surface area contributed by atoms with Crippen LogP contribution in [0, 0.1) is 15.9 Å². The Morgan fingerprint density at radius 3 is 2.81 bits per heavy atom. The van der Waals surface area contributed by atoms with Crippen molar-refractivity contribution in [3.63, 3.8) is 0 Å². The Bertz CT molecular complexity index is 953. The van der Waals surface area contributed by atoms with Crippen molar-refractivity contribution >= 4 is 21.7 Å². The number of hydrogen-bond acceptors (Lipinski definition) is 7. The summed E-state index contributed by atoms with van der Waals surface area (Å²) in [4.78, 5) is 17.6. The van der Waals surface area contributed by atoms with Gasteiger partial charge in [0.2, 0.25) is 16.0 Å². The number of non-ortho nitro benzene ring substituents is 1. The number of aromatic nitrogens is 2. The number of piperidine rings is 1. The monoisotopic (exact) mass is 381 g/mol. The first-order chi connectivity index (χ1) is 12.3. The molecule has 1 aliphatic rings. The summed E-state index contributed by atoms with van der Waals surface area (Å²) in [6.45, 7) is 0.368. The van der Waals surface area contributed by atoms with Gasteiger partial charge in [0.25, 0.3) is 5.69 Å². The number of hydrogen-bond donors (Lipinski definition) is 1. The first-order valence-corrected chi connectivity index (χ1v) is 9.25. The predicted molar refractivity (Wildman–Crippen MR) is 90.2 cm³/mol. The Kier molecular flexibility index (Phi) is 4.83. The summed E-state index contributed by atoms with van der Waals surface area (Å²) in [7, 11) is -4.08. The molecule has 2 heterocycles. The minimum absolute atomic E-state index is 0.100. The third kappa shape index (κ3) is 3.63. The van der Waals surface area contributed by atoms with E-state index < -0.39 is 31.3 Å². The van der Waals surface area contributed by atoms with Gasteiger partial charge in [-0.25, -0.2) is 22.8 Å². The molecule has 0 saturated carbocycles.